The van der Waals surface area contributed by atoms with Gasteiger partial charge in [-0.3, -0.25) is 0 Å². The molecule has 2 heterocycles. The Hall–Kier alpha value is -1.49. The molecule has 1 unspecified atom stereocenters. The summed E-state index contributed by atoms with van der Waals surface area (Å²) in [4.78, 5) is 10.5. The van der Waals surface area contributed by atoms with Gasteiger partial charge in [0.1, 0.15) is 0 Å². The van der Waals surface area contributed by atoms with Gasteiger partial charge in [0.2, 0.25) is 6.29 Å². The van der Waals surface area contributed by atoms with Crippen LogP contribution in [0.4, 0.5) is 0 Å². The molecule has 64 valence electrons. The van der Waals surface area contributed by atoms with E-state index in [4.69, 9.17) is 9.94 Å². The molecule has 0 saturated carbocycles. The summed E-state index contributed by atoms with van der Waals surface area (Å²) in [6, 6.07) is 1.79. The molecule has 2 aromatic rings. The maximum absolute atomic E-state index is 8.94. The van der Waals surface area contributed by atoms with Crippen LogP contribution in [0, 0.1) is 0 Å². The quantitative estimate of drug-likeness (QED) is 0.635. The Morgan fingerprint density at radius 1 is 1.58 bits per heavy atom. The second-order valence-corrected chi connectivity index (χ2v) is 2.45. The van der Waals surface area contributed by atoms with Crippen molar-refractivity contribution >= 4 is 5.65 Å². The lowest BCUT2D eigenvalue weighted by Crippen LogP contribution is -2.23. The summed E-state index contributed by atoms with van der Waals surface area (Å²) in [7, 11) is 0. The lowest BCUT2D eigenvalue weighted by atomic mass is 10.7. The summed E-state index contributed by atoms with van der Waals surface area (Å²) in [5.41, 5.74) is 0.788. The summed E-state index contributed by atoms with van der Waals surface area (Å²) < 4.78 is 1.69. The largest absolute Gasteiger partial charge is 0.367 e. The van der Waals surface area contributed by atoms with E-state index in [2.05, 4.69) is 4.98 Å². The predicted molar refractivity (Wildman–Crippen MR) is 41.4 cm³/mol. The Morgan fingerprint density at radius 2 is 2.42 bits per heavy atom. The topological polar surface area (TPSA) is 51.7 Å². The Bertz CT molecular complexity index is 377. The van der Waals surface area contributed by atoms with Gasteiger partial charge in [-0.05, 0) is 0 Å². The maximum atomic E-state index is 8.94. The molecule has 0 aliphatic heterocycles. The van der Waals surface area contributed by atoms with Crippen molar-refractivity contribution in [1.82, 2.24) is 14.3 Å². The standard InChI is InChI=1S/C7H9N3O2/c1-6(11)12-10-4-2-7-8-3-5-9(7)10/h2-6,11H,1H3. The minimum absolute atomic E-state index is 0.788. The number of nitrogens with zero attached hydrogens (tertiary/aromatic N) is 3. The molecule has 0 radical (unpaired) electrons. The summed E-state index contributed by atoms with van der Waals surface area (Å²) in [5.74, 6) is 0. The zero-order chi connectivity index (χ0) is 8.55. The molecular formula is C7H9N3O2. The molecule has 0 saturated heterocycles. The number of fused-ring (bicyclic) bond motifs is 1. The van der Waals surface area contributed by atoms with E-state index in [9.17, 15) is 0 Å². The monoisotopic (exact) mass is 167 g/mol. The van der Waals surface area contributed by atoms with Gasteiger partial charge in [-0.25, -0.2) is 9.50 Å². The SMILES string of the molecule is CC(O)On1ccc2nccn21. The molecule has 1 N–H and O–H groups in total. The number of hydrogen-bond donors (Lipinski definition) is 1. The minimum atomic E-state index is -0.831. The molecule has 12 heavy (non-hydrogen) atoms. The van der Waals surface area contributed by atoms with Crippen molar-refractivity contribution in [3.8, 4) is 0 Å². The number of aliphatic hydroxyl groups is 1. The first kappa shape index (κ1) is 7.17. The fourth-order valence-corrected chi connectivity index (χ4v) is 1.04. The first-order chi connectivity index (χ1) is 5.77. The Labute approximate surface area is 68.7 Å². The molecule has 0 fully saturated rings. The second-order valence-electron chi connectivity index (χ2n) is 2.45. The van der Waals surface area contributed by atoms with Crippen LogP contribution >= 0.6 is 0 Å². The van der Waals surface area contributed by atoms with Crippen LogP contribution < -0.4 is 4.84 Å². The Morgan fingerprint density at radius 3 is 3.17 bits per heavy atom. The molecule has 5 heteroatoms. The van der Waals surface area contributed by atoms with Gasteiger partial charge in [0.05, 0.1) is 12.4 Å². The van der Waals surface area contributed by atoms with Crippen molar-refractivity contribution in [3.63, 3.8) is 0 Å². The zero-order valence-electron chi connectivity index (χ0n) is 6.58. The Kier molecular flexibility index (Phi) is 1.51. The highest BCUT2D eigenvalue weighted by Gasteiger charge is 2.02. The Balaban J connectivity index is 2.40. The van der Waals surface area contributed by atoms with Crippen molar-refractivity contribution in [2.24, 2.45) is 0 Å². The van der Waals surface area contributed by atoms with E-state index in [0.29, 0.717) is 0 Å². The van der Waals surface area contributed by atoms with Gasteiger partial charge >= 0.3 is 0 Å². The summed E-state index contributed by atoms with van der Waals surface area (Å²) >= 11 is 0. The normalized spacial score (nSPS) is 13.5. The number of imidazole rings is 1. The van der Waals surface area contributed by atoms with E-state index in [1.807, 2.05) is 0 Å². The highest BCUT2D eigenvalue weighted by atomic mass is 16.7. The number of rotatable bonds is 2. The average Bonchev–Trinajstić information content (AvgIpc) is 2.52. The highest BCUT2D eigenvalue weighted by molar-refractivity contribution is 5.35. The van der Waals surface area contributed by atoms with Crippen molar-refractivity contribution < 1.29 is 9.94 Å². The van der Waals surface area contributed by atoms with Crippen LogP contribution in [0.1, 0.15) is 6.92 Å². The van der Waals surface area contributed by atoms with E-state index in [0.717, 1.165) is 5.65 Å². The average molecular weight is 167 g/mol. The molecular weight excluding hydrogens is 158 g/mol. The van der Waals surface area contributed by atoms with Gasteiger partial charge in [-0.1, -0.05) is 0 Å². The molecule has 0 aliphatic rings. The van der Waals surface area contributed by atoms with Gasteiger partial charge in [-0.2, -0.15) is 0 Å². The van der Waals surface area contributed by atoms with Crippen molar-refractivity contribution in [2.75, 3.05) is 0 Å². The molecule has 0 bridgehead atoms. The van der Waals surface area contributed by atoms with Gasteiger partial charge in [0.15, 0.2) is 5.65 Å². The molecule has 5 nitrogen and oxygen atoms in total. The molecule has 0 spiro atoms. The third-order valence-corrected chi connectivity index (χ3v) is 1.47. The third-order valence-electron chi connectivity index (χ3n) is 1.47. The molecule has 0 amide bonds. The molecule has 0 aliphatic carbocycles. The summed E-state index contributed by atoms with van der Waals surface area (Å²) in [6.07, 6.45) is 4.27. The lowest BCUT2D eigenvalue weighted by Gasteiger charge is -2.08. The van der Waals surface area contributed by atoms with E-state index in [1.54, 1.807) is 36.1 Å². The lowest BCUT2D eigenvalue weighted by molar-refractivity contribution is -0.106. The summed E-state index contributed by atoms with van der Waals surface area (Å²) in [5, 5.41) is 8.94. The zero-order valence-corrected chi connectivity index (χ0v) is 6.58. The highest BCUT2D eigenvalue weighted by Crippen LogP contribution is 1.99. The number of hydrogen-bond acceptors (Lipinski definition) is 3. The molecule has 2 aromatic heterocycles. The fraction of sp³-hybridized carbons (Fsp3) is 0.286. The predicted octanol–water partition coefficient (Wildman–Crippen LogP) is -0.0973. The molecule has 2 rings (SSSR count). The van der Waals surface area contributed by atoms with Gasteiger partial charge in [-0.15, -0.1) is 4.85 Å². The maximum Gasteiger partial charge on any atom is 0.221 e. The van der Waals surface area contributed by atoms with Crippen LogP contribution in [-0.2, 0) is 0 Å². The van der Waals surface area contributed by atoms with E-state index in [-0.39, 0.29) is 0 Å². The smallest absolute Gasteiger partial charge is 0.221 e. The van der Waals surface area contributed by atoms with Gasteiger partial charge in [0.25, 0.3) is 0 Å². The van der Waals surface area contributed by atoms with E-state index < -0.39 is 6.29 Å². The van der Waals surface area contributed by atoms with Crippen LogP contribution in [-0.4, -0.2) is 25.7 Å². The van der Waals surface area contributed by atoms with Crippen LogP contribution in [0.5, 0.6) is 0 Å². The first-order valence-corrected chi connectivity index (χ1v) is 3.63. The van der Waals surface area contributed by atoms with Gasteiger partial charge in [0, 0.05) is 19.2 Å². The first-order valence-electron chi connectivity index (χ1n) is 3.63. The molecule has 1 atom stereocenters. The van der Waals surface area contributed by atoms with Crippen molar-refractivity contribution in [3.05, 3.63) is 24.7 Å². The molecule has 0 aromatic carbocycles. The van der Waals surface area contributed by atoms with Crippen LogP contribution in [0.25, 0.3) is 5.65 Å². The second kappa shape index (κ2) is 2.53. The van der Waals surface area contributed by atoms with E-state index >= 15 is 0 Å². The number of aromatic nitrogens is 3. The van der Waals surface area contributed by atoms with Crippen LogP contribution in [0.2, 0.25) is 0 Å². The fourth-order valence-electron chi connectivity index (χ4n) is 1.04. The van der Waals surface area contributed by atoms with Crippen molar-refractivity contribution in [1.29, 1.82) is 0 Å². The van der Waals surface area contributed by atoms with Crippen LogP contribution in [0.3, 0.4) is 0 Å². The minimum Gasteiger partial charge on any atom is -0.367 e. The van der Waals surface area contributed by atoms with E-state index in [1.165, 1.54) is 4.85 Å². The van der Waals surface area contributed by atoms with Crippen molar-refractivity contribution in [2.45, 2.75) is 13.2 Å². The summed E-state index contributed by atoms with van der Waals surface area (Å²) in [6.45, 7) is 1.54. The van der Waals surface area contributed by atoms with Crippen LogP contribution in [0.15, 0.2) is 24.7 Å². The third kappa shape index (κ3) is 1.04. The van der Waals surface area contributed by atoms with Gasteiger partial charge < -0.3 is 9.94 Å². The number of aliphatic hydroxyl groups excluding tert-OH is 1.